The molecule has 41 heavy (non-hydrogen) atoms. The zero-order valence-electron chi connectivity index (χ0n) is 25.7. The second kappa shape index (κ2) is 19.0. The van der Waals surface area contributed by atoms with E-state index in [2.05, 4.69) is 26.0 Å². The monoisotopic (exact) mass is 557 g/mol. The molecule has 4 nitrogen and oxygen atoms in total. The van der Waals surface area contributed by atoms with E-state index in [1.165, 1.54) is 57.8 Å². The van der Waals surface area contributed by atoms with E-state index >= 15 is 0 Å². The zero-order chi connectivity index (χ0) is 29.1. The lowest BCUT2D eigenvalue weighted by Gasteiger charge is -2.30. The van der Waals surface area contributed by atoms with E-state index in [0.717, 1.165) is 29.5 Å². The zero-order valence-corrected chi connectivity index (χ0v) is 25.7. The molecule has 3 aromatic rings. The summed E-state index contributed by atoms with van der Waals surface area (Å²) in [6, 6.07) is 26.4. The molecule has 0 aliphatic heterocycles. The van der Waals surface area contributed by atoms with Gasteiger partial charge in [0.2, 0.25) is 5.91 Å². The molecular weight excluding hydrogens is 506 g/mol. The second-order valence-corrected chi connectivity index (χ2v) is 11.2. The number of hydrogen-bond acceptors (Lipinski definition) is 3. The molecule has 0 heterocycles. The van der Waals surface area contributed by atoms with Crippen LogP contribution in [0.15, 0.2) is 78.9 Å². The SMILES string of the molecule is CCCCCCCCCCCCCC(=O)N(Cc1ccc(OC)c(OCc2ccccc2)c1)C(C)c1ccccc1. The van der Waals surface area contributed by atoms with Crippen LogP contribution in [0.1, 0.15) is 114 Å². The number of carbonyl (C=O) groups excluding carboxylic acids is 1. The number of nitrogens with zero attached hydrogens (tertiary/aromatic N) is 1. The molecule has 0 fully saturated rings. The number of amides is 1. The molecule has 0 aromatic heterocycles. The van der Waals surface area contributed by atoms with Crippen molar-refractivity contribution in [3.8, 4) is 11.5 Å². The van der Waals surface area contributed by atoms with Gasteiger partial charge in [-0.2, -0.15) is 0 Å². The van der Waals surface area contributed by atoms with Crippen molar-refractivity contribution in [2.24, 2.45) is 0 Å². The fourth-order valence-electron chi connectivity index (χ4n) is 5.30. The quantitative estimate of drug-likeness (QED) is 0.130. The maximum atomic E-state index is 13.6. The highest BCUT2D eigenvalue weighted by molar-refractivity contribution is 5.76. The van der Waals surface area contributed by atoms with E-state index in [1.54, 1.807) is 7.11 Å². The van der Waals surface area contributed by atoms with Crippen LogP contribution in [0.3, 0.4) is 0 Å². The molecule has 0 saturated carbocycles. The Kier molecular flexibility index (Phi) is 14.9. The third-order valence-electron chi connectivity index (χ3n) is 7.88. The van der Waals surface area contributed by atoms with Crippen molar-refractivity contribution in [2.75, 3.05) is 7.11 Å². The van der Waals surface area contributed by atoms with E-state index in [1.807, 2.05) is 71.6 Å². The minimum Gasteiger partial charge on any atom is -0.493 e. The van der Waals surface area contributed by atoms with Crippen molar-refractivity contribution in [3.63, 3.8) is 0 Å². The van der Waals surface area contributed by atoms with Crippen LogP contribution in [0.4, 0.5) is 0 Å². The van der Waals surface area contributed by atoms with Crippen LogP contribution in [0, 0.1) is 0 Å². The fourth-order valence-corrected chi connectivity index (χ4v) is 5.30. The minimum absolute atomic E-state index is 0.0211. The van der Waals surface area contributed by atoms with Gasteiger partial charge in [-0.05, 0) is 42.2 Å². The maximum Gasteiger partial charge on any atom is 0.223 e. The summed E-state index contributed by atoms with van der Waals surface area (Å²) in [5.74, 6) is 1.60. The van der Waals surface area contributed by atoms with Gasteiger partial charge in [-0.1, -0.05) is 138 Å². The lowest BCUT2D eigenvalue weighted by Crippen LogP contribution is -2.33. The van der Waals surface area contributed by atoms with Gasteiger partial charge in [-0.25, -0.2) is 0 Å². The predicted molar refractivity (Wildman–Crippen MR) is 170 cm³/mol. The summed E-state index contributed by atoms with van der Waals surface area (Å²) in [4.78, 5) is 15.6. The standard InChI is InChI=1S/C37H51NO3/c1-4-5-6-7-8-9-10-11-12-13-20-25-37(39)38(31(2)34-23-18-15-19-24-34)29-33-26-27-35(40-3)36(28-33)41-30-32-21-16-14-17-22-32/h14-19,21-24,26-28,31H,4-13,20,25,29-30H2,1-3H3. The van der Waals surface area contributed by atoms with Crippen LogP contribution in [-0.4, -0.2) is 17.9 Å². The van der Waals surface area contributed by atoms with Crippen LogP contribution in [-0.2, 0) is 17.9 Å². The lowest BCUT2D eigenvalue weighted by atomic mass is 10.0. The highest BCUT2D eigenvalue weighted by Gasteiger charge is 2.22. The largest absolute Gasteiger partial charge is 0.493 e. The minimum atomic E-state index is -0.0211. The highest BCUT2D eigenvalue weighted by atomic mass is 16.5. The Morgan fingerprint density at radius 3 is 1.90 bits per heavy atom. The van der Waals surface area contributed by atoms with Crippen molar-refractivity contribution in [1.82, 2.24) is 4.90 Å². The molecule has 0 N–H and O–H groups in total. The Labute approximate surface area is 249 Å². The van der Waals surface area contributed by atoms with Gasteiger partial charge in [0.05, 0.1) is 13.2 Å². The summed E-state index contributed by atoms with van der Waals surface area (Å²) >= 11 is 0. The lowest BCUT2D eigenvalue weighted by molar-refractivity contribution is -0.134. The average molecular weight is 558 g/mol. The first-order valence-corrected chi connectivity index (χ1v) is 15.8. The normalized spacial score (nSPS) is 11.7. The van der Waals surface area contributed by atoms with Crippen molar-refractivity contribution < 1.29 is 14.3 Å². The van der Waals surface area contributed by atoms with Crippen LogP contribution >= 0.6 is 0 Å². The van der Waals surface area contributed by atoms with Crippen molar-refractivity contribution in [2.45, 2.75) is 110 Å². The van der Waals surface area contributed by atoms with Crippen molar-refractivity contribution >= 4 is 5.91 Å². The summed E-state index contributed by atoms with van der Waals surface area (Å²) in [5.41, 5.74) is 3.28. The maximum absolute atomic E-state index is 13.6. The molecule has 1 unspecified atom stereocenters. The van der Waals surface area contributed by atoms with Crippen molar-refractivity contribution in [1.29, 1.82) is 0 Å². The number of carbonyl (C=O) groups is 1. The Balaban J connectivity index is 1.58. The van der Waals surface area contributed by atoms with Gasteiger partial charge in [-0.3, -0.25) is 4.79 Å². The van der Waals surface area contributed by atoms with Gasteiger partial charge >= 0.3 is 0 Å². The molecule has 222 valence electrons. The summed E-state index contributed by atoms with van der Waals surface area (Å²) < 4.78 is 11.7. The van der Waals surface area contributed by atoms with Gasteiger partial charge in [0.1, 0.15) is 6.61 Å². The summed E-state index contributed by atoms with van der Waals surface area (Å²) in [6.45, 7) is 5.38. The van der Waals surface area contributed by atoms with E-state index < -0.39 is 0 Å². The average Bonchev–Trinajstić information content (AvgIpc) is 3.02. The highest BCUT2D eigenvalue weighted by Crippen LogP contribution is 2.31. The van der Waals surface area contributed by atoms with E-state index in [9.17, 15) is 4.79 Å². The molecule has 0 spiro atoms. The molecule has 0 aliphatic carbocycles. The number of unbranched alkanes of at least 4 members (excludes halogenated alkanes) is 10. The topological polar surface area (TPSA) is 38.8 Å². The third kappa shape index (κ3) is 11.6. The van der Waals surface area contributed by atoms with Gasteiger partial charge in [-0.15, -0.1) is 0 Å². The molecule has 1 amide bonds. The Morgan fingerprint density at radius 1 is 0.707 bits per heavy atom. The molecule has 3 aromatic carbocycles. The summed E-state index contributed by atoms with van der Waals surface area (Å²) in [6.07, 6.45) is 14.6. The first-order chi connectivity index (χ1) is 20.1. The Bertz CT molecular complexity index is 1120. The Morgan fingerprint density at radius 2 is 1.29 bits per heavy atom. The number of rotatable bonds is 20. The van der Waals surface area contributed by atoms with E-state index in [0.29, 0.717) is 31.1 Å². The first kappa shape index (κ1) is 32.2. The van der Waals surface area contributed by atoms with E-state index in [-0.39, 0.29) is 11.9 Å². The molecule has 4 heteroatoms. The van der Waals surface area contributed by atoms with Gasteiger partial charge in [0, 0.05) is 13.0 Å². The molecule has 0 bridgehead atoms. The first-order valence-electron chi connectivity index (χ1n) is 15.8. The Hall–Kier alpha value is -3.27. The number of ether oxygens (including phenoxy) is 2. The number of methoxy groups -OCH3 is 1. The number of hydrogen-bond donors (Lipinski definition) is 0. The smallest absolute Gasteiger partial charge is 0.223 e. The predicted octanol–water partition coefficient (Wildman–Crippen LogP) is 10.1. The van der Waals surface area contributed by atoms with Crippen LogP contribution in [0.5, 0.6) is 11.5 Å². The summed E-state index contributed by atoms with van der Waals surface area (Å²) in [5, 5.41) is 0. The van der Waals surface area contributed by atoms with Crippen LogP contribution in [0.2, 0.25) is 0 Å². The van der Waals surface area contributed by atoms with Gasteiger partial charge in [0.15, 0.2) is 11.5 Å². The van der Waals surface area contributed by atoms with Crippen molar-refractivity contribution in [3.05, 3.63) is 95.6 Å². The third-order valence-corrected chi connectivity index (χ3v) is 7.88. The van der Waals surface area contributed by atoms with Gasteiger partial charge in [0.25, 0.3) is 0 Å². The van der Waals surface area contributed by atoms with E-state index in [4.69, 9.17) is 9.47 Å². The van der Waals surface area contributed by atoms with Gasteiger partial charge < -0.3 is 14.4 Å². The molecule has 0 saturated heterocycles. The molecular formula is C37H51NO3. The molecule has 3 rings (SSSR count). The van der Waals surface area contributed by atoms with Crippen LogP contribution in [0.25, 0.3) is 0 Å². The molecule has 1 atom stereocenters. The second-order valence-electron chi connectivity index (χ2n) is 11.2. The summed E-state index contributed by atoms with van der Waals surface area (Å²) in [7, 11) is 1.66. The molecule has 0 radical (unpaired) electrons. The molecule has 0 aliphatic rings. The number of benzene rings is 3. The fraction of sp³-hybridized carbons (Fsp3) is 0.486. The van der Waals surface area contributed by atoms with Crippen LogP contribution < -0.4 is 9.47 Å².